The topological polar surface area (TPSA) is 117 Å². The molecule has 2 heterocycles. The van der Waals surface area contributed by atoms with E-state index in [9.17, 15) is 20.0 Å². The molecule has 2 rings (SSSR count). The molecule has 1 saturated heterocycles. The van der Waals surface area contributed by atoms with E-state index in [0.29, 0.717) is 13.0 Å². The molecule has 8 heteroatoms. The normalized spacial score (nSPS) is 18.5. The second-order valence-corrected chi connectivity index (χ2v) is 4.98. The van der Waals surface area contributed by atoms with Crippen molar-refractivity contribution in [3.8, 4) is 0 Å². The van der Waals surface area contributed by atoms with Gasteiger partial charge in [0.25, 0.3) is 5.69 Å². The highest BCUT2D eigenvalue weighted by atomic mass is 16.6. The van der Waals surface area contributed by atoms with Gasteiger partial charge >= 0.3 is 5.97 Å². The van der Waals surface area contributed by atoms with Gasteiger partial charge in [-0.3, -0.25) is 10.1 Å². The van der Waals surface area contributed by atoms with Gasteiger partial charge in [0.15, 0.2) is 0 Å². The minimum Gasteiger partial charge on any atom is -0.478 e. The van der Waals surface area contributed by atoms with Crippen LogP contribution in [0.3, 0.4) is 0 Å². The molecule has 0 radical (unpaired) electrons. The van der Waals surface area contributed by atoms with Crippen LogP contribution in [0.4, 0.5) is 11.5 Å². The van der Waals surface area contributed by atoms with Crippen LogP contribution < -0.4 is 4.90 Å². The van der Waals surface area contributed by atoms with Crippen LogP contribution in [0.25, 0.3) is 0 Å². The first-order chi connectivity index (χ1) is 10.0. The number of anilines is 1. The zero-order valence-electron chi connectivity index (χ0n) is 11.4. The molecule has 0 bridgehead atoms. The van der Waals surface area contributed by atoms with Gasteiger partial charge < -0.3 is 15.1 Å². The zero-order valence-corrected chi connectivity index (χ0v) is 11.4. The van der Waals surface area contributed by atoms with Crippen molar-refractivity contribution in [1.29, 1.82) is 0 Å². The molecule has 1 atom stereocenters. The Bertz CT molecular complexity index is 547. The van der Waals surface area contributed by atoms with E-state index < -0.39 is 10.9 Å². The summed E-state index contributed by atoms with van der Waals surface area (Å²) in [5.74, 6) is -0.999. The number of piperidine rings is 1. The fourth-order valence-corrected chi connectivity index (χ4v) is 2.66. The van der Waals surface area contributed by atoms with Crippen LogP contribution in [0.15, 0.2) is 12.3 Å². The minimum absolute atomic E-state index is 0.0100. The number of rotatable bonds is 5. The van der Waals surface area contributed by atoms with Crippen LogP contribution in [0.5, 0.6) is 0 Å². The average Bonchev–Trinajstić information content (AvgIpc) is 2.47. The molecule has 0 aliphatic carbocycles. The van der Waals surface area contributed by atoms with Crippen molar-refractivity contribution in [2.45, 2.75) is 31.7 Å². The number of nitro groups is 1. The van der Waals surface area contributed by atoms with E-state index in [1.165, 1.54) is 0 Å². The summed E-state index contributed by atoms with van der Waals surface area (Å²) >= 11 is 0. The number of nitrogens with zero attached hydrogens (tertiary/aromatic N) is 3. The van der Waals surface area contributed by atoms with Gasteiger partial charge in [0, 0.05) is 25.3 Å². The number of hydrogen-bond donors (Lipinski definition) is 2. The van der Waals surface area contributed by atoms with Crippen molar-refractivity contribution in [2.24, 2.45) is 0 Å². The molecule has 2 N–H and O–H groups in total. The lowest BCUT2D eigenvalue weighted by atomic mass is 9.99. The fraction of sp³-hybridized carbons (Fsp3) is 0.538. The Morgan fingerprint density at radius 3 is 2.90 bits per heavy atom. The summed E-state index contributed by atoms with van der Waals surface area (Å²) in [7, 11) is 0. The van der Waals surface area contributed by atoms with E-state index in [-0.39, 0.29) is 29.7 Å². The Morgan fingerprint density at radius 1 is 1.52 bits per heavy atom. The van der Waals surface area contributed by atoms with Crippen molar-refractivity contribution < 1.29 is 19.9 Å². The third-order valence-corrected chi connectivity index (χ3v) is 3.65. The number of pyridine rings is 1. The maximum absolute atomic E-state index is 11.4. The van der Waals surface area contributed by atoms with Crippen LogP contribution in [0.2, 0.25) is 0 Å². The summed E-state index contributed by atoms with van der Waals surface area (Å²) in [4.78, 5) is 27.3. The number of hydrogen-bond acceptors (Lipinski definition) is 6. The summed E-state index contributed by atoms with van der Waals surface area (Å²) in [6.07, 6.45) is 4.36. The molecule has 114 valence electrons. The van der Waals surface area contributed by atoms with Crippen LogP contribution in [-0.2, 0) is 0 Å². The molecule has 1 aromatic rings. The molecule has 0 aromatic carbocycles. The molecule has 21 heavy (non-hydrogen) atoms. The lowest BCUT2D eigenvalue weighted by Crippen LogP contribution is -2.41. The van der Waals surface area contributed by atoms with Crippen molar-refractivity contribution in [2.75, 3.05) is 18.1 Å². The molecule has 0 spiro atoms. The lowest BCUT2D eigenvalue weighted by Gasteiger charge is -2.37. The highest BCUT2D eigenvalue weighted by molar-refractivity contribution is 5.94. The van der Waals surface area contributed by atoms with Gasteiger partial charge in [-0.1, -0.05) is 0 Å². The molecule has 0 amide bonds. The number of aromatic carboxylic acids is 1. The predicted octanol–water partition coefficient (Wildman–Crippen LogP) is 1.43. The van der Waals surface area contributed by atoms with Crippen LogP contribution >= 0.6 is 0 Å². The highest BCUT2D eigenvalue weighted by Gasteiger charge is 2.28. The largest absolute Gasteiger partial charge is 0.478 e. The van der Waals surface area contributed by atoms with Crippen molar-refractivity contribution in [3.05, 3.63) is 27.9 Å². The van der Waals surface area contributed by atoms with Gasteiger partial charge in [0.05, 0.1) is 4.92 Å². The third kappa shape index (κ3) is 3.27. The number of aliphatic hydroxyl groups excluding tert-OH is 1. The first kappa shape index (κ1) is 15.2. The summed E-state index contributed by atoms with van der Waals surface area (Å²) in [6.45, 7) is 0.645. The van der Waals surface area contributed by atoms with E-state index in [0.717, 1.165) is 31.5 Å². The molecule has 1 aliphatic rings. The van der Waals surface area contributed by atoms with Gasteiger partial charge in [-0.15, -0.1) is 0 Å². The molecule has 0 saturated carbocycles. The number of aromatic nitrogens is 1. The molecule has 8 nitrogen and oxygen atoms in total. The lowest BCUT2D eigenvalue weighted by molar-refractivity contribution is -0.385. The third-order valence-electron chi connectivity index (χ3n) is 3.65. The fourth-order valence-electron chi connectivity index (χ4n) is 2.66. The van der Waals surface area contributed by atoms with Crippen LogP contribution in [0.1, 0.15) is 36.0 Å². The second-order valence-electron chi connectivity index (χ2n) is 4.98. The molecule has 1 unspecified atom stereocenters. The monoisotopic (exact) mass is 295 g/mol. The number of carbonyl (C=O) groups is 1. The Hall–Kier alpha value is -2.22. The summed E-state index contributed by atoms with van der Waals surface area (Å²) < 4.78 is 0. The molecular weight excluding hydrogens is 278 g/mol. The highest BCUT2D eigenvalue weighted by Crippen LogP contribution is 2.29. The Labute approximate surface area is 121 Å². The smallest absolute Gasteiger partial charge is 0.339 e. The quantitative estimate of drug-likeness (QED) is 0.623. The number of carboxylic acids is 1. The maximum atomic E-state index is 11.4. The van der Waals surface area contributed by atoms with E-state index >= 15 is 0 Å². The molecule has 1 fully saturated rings. The average molecular weight is 295 g/mol. The predicted molar refractivity (Wildman–Crippen MR) is 74.5 cm³/mol. The van der Waals surface area contributed by atoms with E-state index in [1.807, 2.05) is 4.90 Å². The molecule has 1 aromatic heterocycles. The molecule has 1 aliphatic heterocycles. The van der Waals surface area contributed by atoms with Gasteiger partial charge in [-0.2, -0.15) is 0 Å². The summed E-state index contributed by atoms with van der Waals surface area (Å²) in [5, 5.41) is 29.2. The van der Waals surface area contributed by atoms with Crippen molar-refractivity contribution in [1.82, 2.24) is 4.98 Å². The first-order valence-corrected chi connectivity index (χ1v) is 6.80. The first-order valence-electron chi connectivity index (χ1n) is 6.80. The van der Waals surface area contributed by atoms with E-state index in [1.54, 1.807) is 0 Å². The Balaban J connectivity index is 2.41. The standard InChI is InChI=1S/C13H17N3O5/c17-6-4-9-3-1-2-5-15(9)12-11(13(18)19)7-10(8-14-12)16(20)21/h7-9,17H,1-6H2,(H,18,19). The number of aliphatic hydroxyl groups is 1. The van der Waals surface area contributed by atoms with Gasteiger partial charge in [0.1, 0.15) is 17.6 Å². The van der Waals surface area contributed by atoms with E-state index in [4.69, 9.17) is 5.11 Å². The Kier molecular flexibility index (Phi) is 4.69. The van der Waals surface area contributed by atoms with Crippen molar-refractivity contribution in [3.63, 3.8) is 0 Å². The second kappa shape index (κ2) is 6.49. The summed E-state index contributed by atoms with van der Waals surface area (Å²) in [5.41, 5.74) is -0.513. The molecular formula is C13H17N3O5. The Morgan fingerprint density at radius 2 is 2.29 bits per heavy atom. The zero-order chi connectivity index (χ0) is 15.4. The van der Waals surface area contributed by atoms with Crippen LogP contribution in [-0.4, -0.2) is 45.3 Å². The minimum atomic E-state index is -1.24. The van der Waals surface area contributed by atoms with E-state index in [2.05, 4.69) is 4.98 Å². The van der Waals surface area contributed by atoms with Gasteiger partial charge in [-0.05, 0) is 25.7 Å². The van der Waals surface area contributed by atoms with Gasteiger partial charge in [0.2, 0.25) is 0 Å². The summed E-state index contributed by atoms with van der Waals surface area (Å²) in [6, 6.07) is 1.05. The number of carboxylic acid groups (broad SMARTS) is 1. The van der Waals surface area contributed by atoms with Crippen molar-refractivity contribution >= 4 is 17.5 Å². The van der Waals surface area contributed by atoms with Crippen LogP contribution in [0, 0.1) is 10.1 Å². The maximum Gasteiger partial charge on any atom is 0.339 e. The SMILES string of the molecule is O=C(O)c1cc([N+](=O)[O-])cnc1N1CCCCC1CCO. The van der Waals surface area contributed by atoms with Gasteiger partial charge in [-0.25, -0.2) is 9.78 Å².